The number of carbonyl (C=O) groups excluding carboxylic acids is 3. The van der Waals surface area contributed by atoms with E-state index in [4.69, 9.17) is 4.74 Å². The lowest BCUT2D eigenvalue weighted by Crippen LogP contribution is -2.37. The number of anilines is 1. The summed E-state index contributed by atoms with van der Waals surface area (Å²) in [6, 6.07) is 19.5. The fourth-order valence-electron chi connectivity index (χ4n) is 3.71. The third-order valence-electron chi connectivity index (χ3n) is 5.77. The Morgan fingerprint density at radius 3 is 2.24 bits per heavy atom. The summed E-state index contributed by atoms with van der Waals surface area (Å²) in [6.07, 6.45) is 2.46. The number of benzene rings is 3. The molecule has 0 aliphatic rings. The molecule has 9 nitrogen and oxygen atoms in total. The number of amides is 3. The summed E-state index contributed by atoms with van der Waals surface area (Å²) in [7, 11) is 4.78. The lowest BCUT2D eigenvalue weighted by atomic mass is 10.0. The number of carbonyl (C=O) groups is 3. The summed E-state index contributed by atoms with van der Waals surface area (Å²) in [4.78, 5) is 38.1. The van der Waals surface area contributed by atoms with E-state index in [1.165, 1.54) is 30.2 Å². The van der Waals surface area contributed by atoms with Gasteiger partial charge in [0.05, 0.1) is 12.0 Å². The Balaban J connectivity index is 0.000000290. The summed E-state index contributed by atoms with van der Waals surface area (Å²) in [5.41, 5.74) is 3.87. The van der Waals surface area contributed by atoms with Crippen molar-refractivity contribution in [1.82, 2.24) is 10.2 Å². The molecule has 0 aliphatic heterocycles. The number of hydrogen-bond acceptors (Lipinski definition) is 6. The normalized spacial score (nSPS) is 10.8. The van der Waals surface area contributed by atoms with Crippen molar-refractivity contribution < 1.29 is 27.9 Å². The van der Waals surface area contributed by atoms with Crippen LogP contribution in [-0.2, 0) is 20.7 Å². The molecule has 41 heavy (non-hydrogen) atoms. The van der Waals surface area contributed by atoms with Crippen LogP contribution < -0.4 is 15.0 Å². The lowest BCUT2D eigenvalue weighted by molar-refractivity contribution is -0.117. The maximum atomic E-state index is 12.0. The van der Waals surface area contributed by atoms with E-state index in [0.717, 1.165) is 16.8 Å². The molecule has 3 aromatic rings. The summed E-state index contributed by atoms with van der Waals surface area (Å²) in [6.45, 7) is 9.56. The number of aryl methyl sites for hydroxylation is 1. The second kappa shape index (κ2) is 15.9. The molecule has 1 atom stereocenters. The smallest absolute Gasteiger partial charge is 0.253 e. The number of ether oxygens (including phenoxy) is 1. The summed E-state index contributed by atoms with van der Waals surface area (Å²) >= 11 is -2.40. The molecule has 0 heterocycles. The number of rotatable bonds is 10. The van der Waals surface area contributed by atoms with Gasteiger partial charge in [0.25, 0.3) is 5.91 Å². The molecule has 3 rings (SSSR count). The van der Waals surface area contributed by atoms with Crippen molar-refractivity contribution in [3.8, 4) is 16.9 Å². The SMILES string of the molecule is C=CC(=O)NCCN(C(=O)C=C)c1cccc(C)c1.COc1ccc(-c2cccc(C(=O)N(C)C)c2)cc1S(=O)[O-]. The third kappa shape index (κ3) is 9.55. The molecular weight excluding hydrogens is 542 g/mol. The van der Waals surface area contributed by atoms with Crippen molar-refractivity contribution in [3.05, 3.63) is 103 Å². The predicted octanol–water partition coefficient (Wildman–Crippen LogP) is 4.12. The van der Waals surface area contributed by atoms with Crippen molar-refractivity contribution in [3.63, 3.8) is 0 Å². The first-order chi connectivity index (χ1) is 19.5. The fourth-order valence-corrected chi connectivity index (χ4v) is 4.25. The summed E-state index contributed by atoms with van der Waals surface area (Å²) in [5, 5.41) is 2.64. The van der Waals surface area contributed by atoms with E-state index in [0.29, 0.717) is 24.2 Å². The Kier molecular flexibility index (Phi) is 12.7. The molecule has 0 saturated carbocycles. The van der Waals surface area contributed by atoms with Gasteiger partial charge in [-0.05, 0) is 83.2 Å². The van der Waals surface area contributed by atoms with E-state index in [2.05, 4.69) is 18.5 Å². The van der Waals surface area contributed by atoms with Gasteiger partial charge in [0.1, 0.15) is 5.75 Å². The molecule has 0 fully saturated rings. The first-order valence-corrected chi connectivity index (χ1v) is 13.6. The second-order valence-electron chi connectivity index (χ2n) is 8.91. The van der Waals surface area contributed by atoms with Crippen molar-refractivity contribution in [2.75, 3.05) is 39.2 Å². The molecule has 0 bridgehead atoms. The average Bonchev–Trinajstić information content (AvgIpc) is 2.98. The van der Waals surface area contributed by atoms with Gasteiger partial charge in [-0.1, -0.05) is 43.5 Å². The van der Waals surface area contributed by atoms with Crippen LogP contribution in [0.5, 0.6) is 5.75 Å². The van der Waals surface area contributed by atoms with Crippen LogP contribution in [0.25, 0.3) is 11.1 Å². The first kappa shape index (κ1) is 32.7. The maximum absolute atomic E-state index is 12.0. The van der Waals surface area contributed by atoms with E-state index >= 15 is 0 Å². The Labute approximate surface area is 243 Å². The Morgan fingerprint density at radius 2 is 1.66 bits per heavy atom. The fraction of sp³-hybridized carbons (Fsp3) is 0.194. The van der Waals surface area contributed by atoms with Gasteiger partial charge in [-0.25, -0.2) is 0 Å². The Bertz CT molecular complexity index is 1440. The molecule has 1 N–H and O–H groups in total. The van der Waals surface area contributed by atoms with Gasteiger partial charge in [-0.15, -0.1) is 0 Å². The molecule has 1 unspecified atom stereocenters. The van der Waals surface area contributed by atoms with Crippen LogP contribution in [0.1, 0.15) is 15.9 Å². The maximum Gasteiger partial charge on any atom is 0.253 e. The molecule has 10 heteroatoms. The van der Waals surface area contributed by atoms with Gasteiger partial charge in [0, 0.05) is 38.4 Å². The number of nitrogens with one attached hydrogen (secondary N) is 1. The minimum absolute atomic E-state index is 0.0874. The third-order valence-corrected chi connectivity index (χ3v) is 6.44. The Morgan fingerprint density at radius 1 is 0.976 bits per heavy atom. The Hall–Kier alpha value is -4.54. The molecule has 0 saturated heterocycles. The number of methoxy groups -OCH3 is 1. The van der Waals surface area contributed by atoms with Crippen LogP contribution in [0.4, 0.5) is 5.69 Å². The standard InChI is InChI=1S/C16H17NO4S.C15H18N2O2/c1-17(2)16(18)13-6-4-5-11(9-13)12-7-8-14(21-3)15(10-12)22(19)20;1-4-14(18)16-9-10-17(15(19)5-2)13-8-6-7-12(3)11-13/h4-10H,1-3H3,(H,19,20);4-8,11H,1-2,9-10H2,3H3,(H,16,18)/p-1. The minimum atomic E-state index is -2.40. The molecule has 0 aromatic heterocycles. The number of nitrogens with zero attached hydrogens (tertiary/aromatic N) is 2. The molecule has 0 aliphatic carbocycles. The minimum Gasteiger partial charge on any atom is -0.768 e. The van der Waals surface area contributed by atoms with Crippen molar-refractivity contribution in [1.29, 1.82) is 0 Å². The highest BCUT2D eigenvalue weighted by molar-refractivity contribution is 7.79. The van der Waals surface area contributed by atoms with E-state index in [1.807, 2.05) is 37.3 Å². The molecule has 216 valence electrons. The zero-order valence-corrected chi connectivity index (χ0v) is 24.4. The van der Waals surface area contributed by atoms with E-state index in [1.54, 1.807) is 49.3 Å². The van der Waals surface area contributed by atoms with Crippen molar-refractivity contribution in [2.45, 2.75) is 11.8 Å². The zero-order chi connectivity index (χ0) is 30.5. The molecule has 0 spiro atoms. The lowest BCUT2D eigenvalue weighted by Gasteiger charge is -2.21. The highest BCUT2D eigenvalue weighted by atomic mass is 32.2. The molecule has 0 radical (unpaired) electrons. The van der Waals surface area contributed by atoms with Crippen LogP contribution >= 0.6 is 0 Å². The number of hydrogen-bond donors (Lipinski definition) is 1. The predicted molar refractivity (Wildman–Crippen MR) is 161 cm³/mol. The van der Waals surface area contributed by atoms with Crippen LogP contribution in [0.3, 0.4) is 0 Å². The summed E-state index contributed by atoms with van der Waals surface area (Å²) in [5.74, 6) is -0.269. The highest BCUT2D eigenvalue weighted by Crippen LogP contribution is 2.29. The second-order valence-corrected chi connectivity index (χ2v) is 9.82. The average molecular weight is 577 g/mol. The highest BCUT2D eigenvalue weighted by Gasteiger charge is 2.13. The van der Waals surface area contributed by atoms with Gasteiger partial charge in [0.15, 0.2) is 0 Å². The topological polar surface area (TPSA) is 119 Å². The quantitative estimate of drug-likeness (QED) is 0.287. The van der Waals surface area contributed by atoms with Crippen LogP contribution in [0, 0.1) is 6.92 Å². The zero-order valence-electron chi connectivity index (χ0n) is 23.6. The molecule has 3 aromatic carbocycles. The van der Waals surface area contributed by atoms with Crippen molar-refractivity contribution >= 4 is 34.5 Å². The van der Waals surface area contributed by atoms with Gasteiger partial charge >= 0.3 is 0 Å². The van der Waals surface area contributed by atoms with Gasteiger partial charge in [0.2, 0.25) is 11.8 Å². The monoisotopic (exact) mass is 576 g/mol. The summed E-state index contributed by atoms with van der Waals surface area (Å²) < 4.78 is 27.6. The van der Waals surface area contributed by atoms with E-state index < -0.39 is 11.1 Å². The van der Waals surface area contributed by atoms with E-state index in [-0.39, 0.29) is 28.4 Å². The van der Waals surface area contributed by atoms with Crippen LogP contribution in [-0.4, -0.2) is 65.7 Å². The van der Waals surface area contributed by atoms with Crippen LogP contribution in [0.2, 0.25) is 0 Å². The molecule has 3 amide bonds. The largest absolute Gasteiger partial charge is 0.768 e. The van der Waals surface area contributed by atoms with E-state index in [9.17, 15) is 23.1 Å². The molecular formula is C31H34N3O6S-. The van der Waals surface area contributed by atoms with Gasteiger partial charge < -0.3 is 24.4 Å². The van der Waals surface area contributed by atoms with Crippen LogP contribution in [0.15, 0.2) is 96.9 Å². The van der Waals surface area contributed by atoms with Gasteiger partial charge in [-0.2, -0.15) is 0 Å². The first-order valence-electron chi connectivity index (χ1n) is 12.5. The van der Waals surface area contributed by atoms with Crippen molar-refractivity contribution in [2.24, 2.45) is 0 Å². The van der Waals surface area contributed by atoms with Gasteiger partial charge in [-0.3, -0.25) is 18.6 Å².